The highest BCUT2D eigenvalue weighted by molar-refractivity contribution is 5.85. The molecule has 3 N–H and O–H groups in total. The number of amides is 1. The van der Waals surface area contributed by atoms with Crippen LogP contribution in [0.4, 0.5) is 8.78 Å². The Balaban J connectivity index is 0.00000484. The fourth-order valence-electron chi connectivity index (χ4n) is 2.09. The molecule has 1 amide bonds. The summed E-state index contributed by atoms with van der Waals surface area (Å²) in [6.45, 7) is -0.296. The summed E-state index contributed by atoms with van der Waals surface area (Å²) < 4.78 is 28.3. The SMILES string of the molecule is CCCCC(CN)NC(=O)CCc1ccc(OC(F)F)cc1.Cl. The van der Waals surface area contributed by atoms with Gasteiger partial charge >= 0.3 is 6.61 Å². The van der Waals surface area contributed by atoms with E-state index >= 15 is 0 Å². The van der Waals surface area contributed by atoms with Crippen molar-refractivity contribution in [1.29, 1.82) is 0 Å². The van der Waals surface area contributed by atoms with Gasteiger partial charge in [0.2, 0.25) is 5.91 Å². The van der Waals surface area contributed by atoms with E-state index in [0.717, 1.165) is 24.8 Å². The number of carbonyl (C=O) groups is 1. The molecule has 0 bridgehead atoms. The predicted octanol–water partition coefficient (Wildman–Crippen LogP) is 3.28. The summed E-state index contributed by atoms with van der Waals surface area (Å²) in [6.07, 6.45) is 3.88. The van der Waals surface area contributed by atoms with Crippen LogP contribution in [0.3, 0.4) is 0 Å². The quantitative estimate of drug-likeness (QED) is 0.680. The van der Waals surface area contributed by atoms with Crippen LogP contribution in [0.25, 0.3) is 0 Å². The van der Waals surface area contributed by atoms with Gasteiger partial charge in [0.25, 0.3) is 0 Å². The van der Waals surface area contributed by atoms with Crippen LogP contribution >= 0.6 is 12.4 Å². The first-order chi connectivity index (χ1) is 10.5. The molecule has 0 saturated carbocycles. The second kappa shape index (κ2) is 12.1. The smallest absolute Gasteiger partial charge is 0.387 e. The van der Waals surface area contributed by atoms with Gasteiger partial charge < -0.3 is 15.8 Å². The lowest BCUT2D eigenvalue weighted by atomic mass is 10.1. The number of carbonyl (C=O) groups excluding carboxylic acids is 1. The highest BCUT2D eigenvalue weighted by Crippen LogP contribution is 2.15. The van der Waals surface area contributed by atoms with E-state index in [9.17, 15) is 13.6 Å². The first-order valence-electron chi connectivity index (χ1n) is 7.58. The molecule has 1 aromatic carbocycles. The predicted molar refractivity (Wildman–Crippen MR) is 89.2 cm³/mol. The van der Waals surface area contributed by atoms with Gasteiger partial charge in [-0.1, -0.05) is 31.9 Å². The van der Waals surface area contributed by atoms with Crippen molar-refractivity contribution < 1.29 is 18.3 Å². The van der Waals surface area contributed by atoms with Crippen molar-refractivity contribution in [1.82, 2.24) is 5.32 Å². The molecule has 0 radical (unpaired) electrons. The van der Waals surface area contributed by atoms with Gasteiger partial charge in [-0.2, -0.15) is 8.78 Å². The zero-order chi connectivity index (χ0) is 16.4. The minimum atomic E-state index is -2.83. The molecule has 0 fully saturated rings. The number of aryl methyl sites for hydroxylation is 1. The van der Waals surface area contributed by atoms with E-state index in [1.54, 1.807) is 12.1 Å². The fourth-order valence-corrected chi connectivity index (χ4v) is 2.09. The van der Waals surface area contributed by atoms with Crippen molar-refractivity contribution in [3.05, 3.63) is 29.8 Å². The zero-order valence-electron chi connectivity index (χ0n) is 13.3. The lowest BCUT2D eigenvalue weighted by molar-refractivity contribution is -0.121. The van der Waals surface area contributed by atoms with Gasteiger partial charge in [0.1, 0.15) is 5.75 Å². The number of hydrogen-bond donors (Lipinski definition) is 2. The van der Waals surface area contributed by atoms with Crippen molar-refractivity contribution in [3.8, 4) is 5.75 Å². The largest absolute Gasteiger partial charge is 0.435 e. The number of hydrogen-bond acceptors (Lipinski definition) is 3. The van der Waals surface area contributed by atoms with Gasteiger partial charge in [-0.3, -0.25) is 4.79 Å². The molecule has 0 aliphatic rings. The molecule has 7 heteroatoms. The van der Waals surface area contributed by atoms with Gasteiger partial charge in [0.05, 0.1) is 0 Å². The highest BCUT2D eigenvalue weighted by atomic mass is 35.5. The van der Waals surface area contributed by atoms with E-state index in [0.29, 0.717) is 19.4 Å². The van der Waals surface area contributed by atoms with Gasteiger partial charge in [-0.25, -0.2) is 0 Å². The second-order valence-corrected chi connectivity index (χ2v) is 5.16. The summed E-state index contributed by atoms with van der Waals surface area (Å²) >= 11 is 0. The van der Waals surface area contributed by atoms with Crippen LogP contribution in [0, 0.1) is 0 Å². The minimum absolute atomic E-state index is 0. The molecule has 0 aliphatic heterocycles. The summed E-state index contributed by atoms with van der Waals surface area (Å²) in [5, 5.41) is 2.92. The van der Waals surface area contributed by atoms with Gasteiger partial charge in [0, 0.05) is 19.0 Å². The van der Waals surface area contributed by atoms with E-state index in [1.807, 2.05) is 0 Å². The minimum Gasteiger partial charge on any atom is -0.435 e. The monoisotopic (exact) mass is 350 g/mol. The Morgan fingerprint density at radius 1 is 1.30 bits per heavy atom. The second-order valence-electron chi connectivity index (χ2n) is 5.16. The molecular weight excluding hydrogens is 326 g/mol. The number of alkyl halides is 2. The average Bonchev–Trinajstić information content (AvgIpc) is 2.50. The standard InChI is InChI=1S/C16H24F2N2O2.ClH/c1-2-3-4-13(11-19)20-15(21)10-7-12-5-8-14(9-6-12)22-16(17)18;/h5-6,8-9,13,16H,2-4,7,10-11,19H2,1H3,(H,20,21);1H. The normalized spacial score (nSPS) is 11.7. The third kappa shape index (κ3) is 9.36. The first kappa shape index (κ1) is 21.6. The van der Waals surface area contributed by atoms with Crippen LogP contribution in [0.15, 0.2) is 24.3 Å². The van der Waals surface area contributed by atoms with Crippen LogP contribution in [0.5, 0.6) is 5.75 Å². The van der Waals surface area contributed by atoms with Gasteiger partial charge in [0.15, 0.2) is 0 Å². The molecule has 0 aliphatic carbocycles. The molecule has 0 heterocycles. The van der Waals surface area contributed by atoms with Crippen molar-refractivity contribution in [2.75, 3.05) is 6.54 Å². The Hall–Kier alpha value is -1.40. The Labute approximate surface area is 142 Å². The molecule has 1 unspecified atom stereocenters. The number of unbranched alkanes of at least 4 members (excludes halogenated alkanes) is 1. The molecule has 23 heavy (non-hydrogen) atoms. The average molecular weight is 351 g/mol. The Bertz CT molecular complexity index is 444. The van der Waals surface area contributed by atoms with Crippen LogP contribution < -0.4 is 15.8 Å². The van der Waals surface area contributed by atoms with Gasteiger partial charge in [-0.15, -0.1) is 12.4 Å². The number of benzene rings is 1. The number of rotatable bonds is 10. The molecule has 0 spiro atoms. The Kier molecular flexibility index (Phi) is 11.3. The lowest BCUT2D eigenvalue weighted by Crippen LogP contribution is -2.40. The molecule has 1 atom stereocenters. The van der Waals surface area contributed by atoms with Crippen LogP contribution in [-0.4, -0.2) is 25.1 Å². The molecule has 1 rings (SSSR count). The topological polar surface area (TPSA) is 64.3 Å². The Morgan fingerprint density at radius 2 is 1.96 bits per heavy atom. The number of nitrogens with two attached hydrogens (primary N) is 1. The van der Waals surface area contributed by atoms with Crippen molar-refractivity contribution in [3.63, 3.8) is 0 Å². The highest BCUT2D eigenvalue weighted by Gasteiger charge is 2.10. The van der Waals surface area contributed by atoms with Crippen LogP contribution in [-0.2, 0) is 11.2 Å². The van der Waals surface area contributed by atoms with Crippen molar-refractivity contribution in [2.24, 2.45) is 5.73 Å². The third-order valence-electron chi connectivity index (χ3n) is 3.35. The molecule has 0 saturated heterocycles. The van der Waals surface area contributed by atoms with E-state index in [1.165, 1.54) is 12.1 Å². The van der Waals surface area contributed by atoms with Gasteiger partial charge in [-0.05, 0) is 30.5 Å². The van der Waals surface area contributed by atoms with E-state index in [2.05, 4.69) is 17.0 Å². The Morgan fingerprint density at radius 3 is 2.48 bits per heavy atom. The molecular formula is C16H25ClF2N2O2. The number of halogens is 3. The summed E-state index contributed by atoms with van der Waals surface area (Å²) in [4.78, 5) is 11.9. The van der Waals surface area contributed by atoms with E-state index < -0.39 is 6.61 Å². The maximum atomic E-state index is 12.0. The number of ether oxygens (including phenoxy) is 1. The first-order valence-corrected chi connectivity index (χ1v) is 7.58. The van der Waals surface area contributed by atoms with Crippen LogP contribution in [0.2, 0.25) is 0 Å². The third-order valence-corrected chi connectivity index (χ3v) is 3.35. The molecule has 4 nitrogen and oxygen atoms in total. The summed E-state index contributed by atoms with van der Waals surface area (Å²) in [5.74, 6) is 0.0745. The summed E-state index contributed by atoms with van der Waals surface area (Å²) in [6, 6.07) is 6.34. The van der Waals surface area contributed by atoms with E-state index in [4.69, 9.17) is 5.73 Å². The lowest BCUT2D eigenvalue weighted by Gasteiger charge is -2.16. The maximum Gasteiger partial charge on any atom is 0.387 e. The molecule has 0 aromatic heterocycles. The van der Waals surface area contributed by atoms with E-state index in [-0.39, 0.29) is 30.1 Å². The van der Waals surface area contributed by atoms with Crippen molar-refractivity contribution >= 4 is 18.3 Å². The van der Waals surface area contributed by atoms with Crippen molar-refractivity contribution in [2.45, 2.75) is 51.7 Å². The fraction of sp³-hybridized carbons (Fsp3) is 0.562. The molecule has 1 aromatic rings. The number of nitrogens with one attached hydrogen (secondary N) is 1. The molecule has 132 valence electrons. The zero-order valence-corrected chi connectivity index (χ0v) is 14.1. The van der Waals surface area contributed by atoms with Crippen LogP contribution in [0.1, 0.15) is 38.2 Å². The summed E-state index contributed by atoms with van der Waals surface area (Å²) in [7, 11) is 0. The maximum absolute atomic E-state index is 12.0. The summed E-state index contributed by atoms with van der Waals surface area (Å²) in [5.41, 5.74) is 6.53.